The molecule has 1 aliphatic rings. The fourth-order valence-corrected chi connectivity index (χ4v) is 1.20. The third-order valence-electron chi connectivity index (χ3n) is 0.795. The van der Waals surface area contributed by atoms with Crippen LogP contribution in [0.2, 0.25) is 0 Å². The molecule has 0 bridgehead atoms. The fraction of sp³-hybridized carbons (Fsp3) is 0.750. The normalized spacial score (nSPS) is 21.2. The molecule has 0 aromatic carbocycles. The summed E-state index contributed by atoms with van der Waals surface area (Å²) in [7, 11) is 0. The molecule has 1 rings (SSSR count). The molecule has 6 heavy (non-hydrogen) atoms. The maximum absolute atomic E-state index is 3.20. The van der Waals surface area contributed by atoms with Gasteiger partial charge < -0.3 is 0 Å². The van der Waals surface area contributed by atoms with Crippen molar-refractivity contribution in [1.29, 1.82) is 0 Å². The van der Waals surface area contributed by atoms with Crippen LogP contribution >= 0.6 is 11.8 Å². The Morgan fingerprint density at radius 2 is 2.67 bits per heavy atom. The monoisotopic (exact) mass is 102 g/mol. The van der Waals surface area contributed by atoms with Crippen LogP contribution in [0.5, 0.6) is 0 Å². The first-order chi connectivity index (χ1) is 2.89. The lowest BCUT2D eigenvalue weighted by molar-refractivity contribution is -0.444. The molecular weight excluding hydrogens is 94.1 g/mol. The van der Waals surface area contributed by atoms with Gasteiger partial charge in [-0.2, -0.15) is 0 Å². The summed E-state index contributed by atoms with van der Waals surface area (Å²) >= 11 is 1.90. The van der Waals surface area contributed by atoms with E-state index in [4.69, 9.17) is 0 Å². The highest BCUT2D eigenvalue weighted by atomic mass is 32.2. The SMILES string of the molecule is CC1=[NH+]CCS1. The second-order valence-electron chi connectivity index (χ2n) is 1.33. The number of nitrogens with one attached hydrogen (secondary N) is 1. The quantitative estimate of drug-likeness (QED) is 0.424. The summed E-state index contributed by atoms with van der Waals surface area (Å²) in [6.07, 6.45) is 0. The number of thioether (sulfide) groups is 1. The highest BCUT2D eigenvalue weighted by Gasteiger charge is 2.05. The van der Waals surface area contributed by atoms with Crippen molar-refractivity contribution in [3.05, 3.63) is 0 Å². The van der Waals surface area contributed by atoms with E-state index in [-0.39, 0.29) is 0 Å². The molecular formula is C4H8NS+. The Kier molecular flexibility index (Phi) is 1.15. The summed E-state index contributed by atoms with van der Waals surface area (Å²) in [6, 6.07) is 0. The molecule has 0 radical (unpaired) electrons. The molecule has 0 unspecified atom stereocenters. The van der Waals surface area contributed by atoms with E-state index in [1.807, 2.05) is 11.8 Å². The van der Waals surface area contributed by atoms with Crippen LogP contribution in [0.4, 0.5) is 0 Å². The molecule has 0 saturated carbocycles. The Morgan fingerprint density at radius 1 is 1.83 bits per heavy atom. The van der Waals surface area contributed by atoms with Gasteiger partial charge in [0.05, 0.1) is 5.75 Å². The summed E-state index contributed by atoms with van der Waals surface area (Å²) in [4.78, 5) is 3.20. The summed E-state index contributed by atoms with van der Waals surface area (Å²) in [5, 5.41) is 1.37. The standard InChI is InChI=1S/C4H7NS/c1-4-5-2-3-6-4/h2-3H2,1H3/p+1. The molecule has 0 atom stereocenters. The van der Waals surface area contributed by atoms with Gasteiger partial charge in [0.2, 0.25) is 5.04 Å². The van der Waals surface area contributed by atoms with Crippen molar-refractivity contribution in [2.45, 2.75) is 6.92 Å². The Hall–Kier alpha value is 0.0200. The Morgan fingerprint density at radius 3 is 2.83 bits per heavy atom. The maximum Gasteiger partial charge on any atom is 0.206 e. The third-order valence-corrected chi connectivity index (χ3v) is 1.78. The lowest BCUT2D eigenvalue weighted by Crippen LogP contribution is -2.68. The highest BCUT2D eigenvalue weighted by Crippen LogP contribution is 1.97. The lowest BCUT2D eigenvalue weighted by atomic mass is 10.8. The molecule has 0 aliphatic carbocycles. The van der Waals surface area contributed by atoms with E-state index in [1.165, 1.54) is 10.8 Å². The largest absolute Gasteiger partial charge is 0.239 e. The zero-order valence-electron chi connectivity index (χ0n) is 3.82. The predicted molar refractivity (Wildman–Crippen MR) is 29.0 cm³/mol. The van der Waals surface area contributed by atoms with Crippen LogP contribution < -0.4 is 4.99 Å². The second kappa shape index (κ2) is 1.65. The summed E-state index contributed by atoms with van der Waals surface area (Å²) in [5.41, 5.74) is 0. The van der Waals surface area contributed by atoms with Gasteiger partial charge in [0.1, 0.15) is 0 Å². The van der Waals surface area contributed by atoms with E-state index < -0.39 is 0 Å². The fourth-order valence-electron chi connectivity index (χ4n) is 0.482. The molecule has 0 spiro atoms. The third kappa shape index (κ3) is 0.744. The predicted octanol–water partition coefficient (Wildman–Crippen LogP) is -0.768. The van der Waals surface area contributed by atoms with Crippen LogP contribution in [0.15, 0.2) is 0 Å². The first-order valence-corrected chi connectivity index (χ1v) is 3.08. The van der Waals surface area contributed by atoms with Gasteiger partial charge in [-0.25, -0.2) is 4.99 Å². The minimum Gasteiger partial charge on any atom is -0.239 e. The van der Waals surface area contributed by atoms with E-state index >= 15 is 0 Å². The van der Waals surface area contributed by atoms with Gasteiger partial charge in [-0.05, 0) is 0 Å². The average molecular weight is 102 g/mol. The van der Waals surface area contributed by atoms with Crippen LogP contribution in [-0.2, 0) is 0 Å². The lowest BCUT2D eigenvalue weighted by Gasteiger charge is -1.68. The number of hydrogen-bond donors (Lipinski definition) is 1. The van der Waals surface area contributed by atoms with Crippen LogP contribution in [-0.4, -0.2) is 17.3 Å². The van der Waals surface area contributed by atoms with E-state index in [0.29, 0.717) is 0 Å². The van der Waals surface area contributed by atoms with E-state index in [1.54, 1.807) is 0 Å². The summed E-state index contributed by atoms with van der Waals surface area (Å²) in [5.74, 6) is 1.26. The molecule has 1 nitrogen and oxygen atoms in total. The summed E-state index contributed by atoms with van der Waals surface area (Å²) in [6.45, 7) is 3.27. The zero-order valence-corrected chi connectivity index (χ0v) is 4.64. The van der Waals surface area contributed by atoms with Crippen LogP contribution in [0.3, 0.4) is 0 Å². The molecule has 1 N–H and O–H groups in total. The van der Waals surface area contributed by atoms with E-state index in [9.17, 15) is 0 Å². The van der Waals surface area contributed by atoms with Crippen molar-refractivity contribution in [3.63, 3.8) is 0 Å². The van der Waals surface area contributed by atoms with Crippen molar-refractivity contribution in [1.82, 2.24) is 0 Å². The Balaban J connectivity index is 2.45. The first-order valence-electron chi connectivity index (χ1n) is 2.10. The van der Waals surface area contributed by atoms with Gasteiger partial charge in [0, 0.05) is 6.92 Å². The van der Waals surface area contributed by atoms with Crippen LogP contribution in [0.1, 0.15) is 6.92 Å². The molecule has 0 fully saturated rings. The van der Waals surface area contributed by atoms with E-state index in [0.717, 1.165) is 6.54 Å². The zero-order chi connectivity index (χ0) is 4.41. The molecule has 34 valence electrons. The molecule has 1 aliphatic heterocycles. The number of rotatable bonds is 0. The molecule has 0 amide bonds. The topological polar surface area (TPSA) is 14.0 Å². The smallest absolute Gasteiger partial charge is 0.206 e. The second-order valence-corrected chi connectivity index (χ2v) is 2.64. The summed E-state index contributed by atoms with van der Waals surface area (Å²) < 4.78 is 0. The molecule has 0 aromatic rings. The van der Waals surface area contributed by atoms with Gasteiger partial charge in [-0.15, -0.1) is 0 Å². The molecule has 1 heterocycles. The van der Waals surface area contributed by atoms with Crippen LogP contribution in [0, 0.1) is 0 Å². The highest BCUT2D eigenvalue weighted by molar-refractivity contribution is 8.13. The van der Waals surface area contributed by atoms with Crippen molar-refractivity contribution < 1.29 is 4.99 Å². The average Bonchev–Trinajstić information content (AvgIpc) is 1.86. The van der Waals surface area contributed by atoms with Gasteiger partial charge in [0.15, 0.2) is 6.54 Å². The minimum absolute atomic E-state index is 1.16. The maximum atomic E-state index is 3.20. The molecule has 2 heteroatoms. The minimum atomic E-state index is 1.16. The van der Waals surface area contributed by atoms with Gasteiger partial charge >= 0.3 is 0 Å². The van der Waals surface area contributed by atoms with Gasteiger partial charge in [0.25, 0.3) is 0 Å². The van der Waals surface area contributed by atoms with Crippen molar-refractivity contribution in [2.24, 2.45) is 0 Å². The first kappa shape index (κ1) is 4.19. The Labute approximate surface area is 41.8 Å². The van der Waals surface area contributed by atoms with Crippen molar-refractivity contribution in [2.75, 3.05) is 12.3 Å². The Bertz CT molecular complexity index is 77.6. The molecule has 0 aromatic heterocycles. The van der Waals surface area contributed by atoms with Gasteiger partial charge in [-0.3, -0.25) is 0 Å². The van der Waals surface area contributed by atoms with Crippen molar-refractivity contribution in [3.8, 4) is 0 Å². The van der Waals surface area contributed by atoms with Crippen LogP contribution in [0.25, 0.3) is 0 Å². The van der Waals surface area contributed by atoms with E-state index in [2.05, 4.69) is 11.9 Å². The molecule has 0 saturated heterocycles. The van der Waals surface area contributed by atoms with Crippen molar-refractivity contribution >= 4 is 16.8 Å². The number of hydrogen-bond acceptors (Lipinski definition) is 1. The van der Waals surface area contributed by atoms with Gasteiger partial charge in [-0.1, -0.05) is 11.8 Å².